The second-order valence-electron chi connectivity index (χ2n) is 5.08. The Morgan fingerprint density at radius 3 is 2.62 bits per heavy atom. The molecule has 0 aliphatic carbocycles. The van der Waals surface area contributed by atoms with Gasteiger partial charge in [0, 0.05) is 18.9 Å². The fraction of sp³-hybridized carbons (Fsp3) is 0.375. The highest BCUT2D eigenvalue weighted by molar-refractivity contribution is 5.86. The second-order valence-corrected chi connectivity index (χ2v) is 5.08. The third-order valence-electron chi connectivity index (χ3n) is 3.82. The highest BCUT2D eigenvalue weighted by Crippen LogP contribution is 2.26. The number of carbonyl (C=O) groups is 1. The maximum atomic E-state index is 12.2. The molecule has 0 saturated heterocycles. The first-order valence-electron chi connectivity index (χ1n) is 7.18. The van der Waals surface area contributed by atoms with Crippen LogP contribution < -0.4 is 11.1 Å². The lowest BCUT2D eigenvalue weighted by molar-refractivity contribution is -0.125. The molecular formula is C16H22N4O. The zero-order chi connectivity index (χ0) is 15.3. The van der Waals surface area contributed by atoms with Crippen LogP contribution in [0.25, 0.3) is 0 Å². The molecule has 3 N–H and O–H groups in total. The molecule has 2 rings (SSSR count). The average Bonchev–Trinajstić information content (AvgIpc) is 2.89. The number of amides is 1. The van der Waals surface area contributed by atoms with Crippen LogP contribution in [-0.2, 0) is 16.9 Å². The van der Waals surface area contributed by atoms with Crippen molar-refractivity contribution in [1.29, 1.82) is 0 Å². The van der Waals surface area contributed by atoms with Crippen molar-refractivity contribution in [1.82, 2.24) is 14.9 Å². The lowest BCUT2D eigenvalue weighted by Gasteiger charge is -2.32. The van der Waals surface area contributed by atoms with E-state index < -0.39 is 5.54 Å². The van der Waals surface area contributed by atoms with Crippen LogP contribution in [0, 0.1) is 6.92 Å². The van der Waals surface area contributed by atoms with Crippen molar-refractivity contribution in [3.05, 3.63) is 54.1 Å². The summed E-state index contributed by atoms with van der Waals surface area (Å²) in [5, 5.41) is 3.29. The molecule has 0 aliphatic heterocycles. The van der Waals surface area contributed by atoms with Gasteiger partial charge in [-0.15, -0.1) is 0 Å². The van der Waals surface area contributed by atoms with Crippen LogP contribution in [0.4, 0.5) is 0 Å². The van der Waals surface area contributed by atoms with Gasteiger partial charge in [-0.25, -0.2) is 4.98 Å². The molecule has 2 aromatic rings. The molecule has 0 spiro atoms. The van der Waals surface area contributed by atoms with Crippen LogP contribution in [-0.4, -0.2) is 22.0 Å². The van der Waals surface area contributed by atoms with Gasteiger partial charge in [-0.1, -0.05) is 37.3 Å². The van der Waals surface area contributed by atoms with E-state index >= 15 is 0 Å². The average molecular weight is 286 g/mol. The van der Waals surface area contributed by atoms with Gasteiger partial charge in [0.25, 0.3) is 0 Å². The summed E-state index contributed by atoms with van der Waals surface area (Å²) in [5.41, 5.74) is 5.79. The third kappa shape index (κ3) is 3.13. The quantitative estimate of drug-likeness (QED) is 0.811. The second kappa shape index (κ2) is 6.54. The molecule has 0 saturated carbocycles. The molecule has 1 unspecified atom stereocenters. The van der Waals surface area contributed by atoms with Crippen molar-refractivity contribution in [2.75, 3.05) is 6.54 Å². The van der Waals surface area contributed by atoms with Crippen molar-refractivity contribution in [2.24, 2.45) is 5.73 Å². The molecule has 112 valence electrons. The topological polar surface area (TPSA) is 72.9 Å². The van der Waals surface area contributed by atoms with Crippen LogP contribution in [0.2, 0.25) is 0 Å². The van der Waals surface area contributed by atoms with Gasteiger partial charge >= 0.3 is 0 Å². The number of benzene rings is 1. The molecule has 1 aromatic carbocycles. The van der Waals surface area contributed by atoms with E-state index in [1.54, 1.807) is 6.20 Å². The number of hydrogen-bond acceptors (Lipinski definition) is 3. The Bertz CT molecular complexity index is 593. The maximum Gasteiger partial charge on any atom is 0.242 e. The molecular weight excluding hydrogens is 264 g/mol. The first-order chi connectivity index (χ1) is 10.1. The Labute approximate surface area is 125 Å². The fourth-order valence-electron chi connectivity index (χ4n) is 2.64. The van der Waals surface area contributed by atoms with E-state index in [0.717, 1.165) is 11.4 Å². The van der Waals surface area contributed by atoms with Crippen molar-refractivity contribution >= 4 is 5.91 Å². The molecule has 0 fully saturated rings. The highest BCUT2D eigenvalue weighted by Gasteiger charge is 2.37. The molecule has 0 bridgehead atoms. The Kier molecular flexibility index (Phi) is 4.75. The smallest absolute Gasteiger partial charge is 0.242 e. The molecule has 1 amide bonds. The highest BCUT2D eigenvalue weighted by atomic mass is 16.1. The van der Waals surface area contributed by atoms with Crippen LogP contribution in [0.3, 0.4) is 0 Å². The predicted octanol–water partition coefficient (Wildman–Crippen LogP) is 1.57. The molecule has 1 heterocycles. The van der Waals surface area contributed by atoms with Crippen LogP contribution in [0.5, 0.6) is 0 Å². The molecule has 1 atom stereocenters. The zero-order valence-electron chi connectivity index (χ0n) is 12.5. The number of rotatable bonds is 7. The standard InChI is InChI=1S/C16H22N4O/c1-3-19-16(15(17)21,14-7-5-4-6-8-14)9-11-20-12-10-18-13(20)2/h4-8,10,12,19H,3,9,11H2,1-2H3,(H2,17,21). The lowest BCUT2D eigenvalue weighted by atomic mass is 9.85. The maximum absolute atomic E-state index is 12.2. The summed E-state index contributed by atoms with van der Waals surface area (Å²) in [6, 6.07) is 9.66. The van der Waals surface area contributed by atoms with Gasteiger partial charge in [0.05, 0.1) is 0 Å². The minimum absolute atomic E-state index is 0.353. The predicted molar refractivity (Wildman–Crippen MR) is 82.6 cm³/mol. The van der Waals surface area contributed by atoms with Gasteiger partial charge in [-0.2, -0.15) is 0 Å². The number of nitrogens with zero attached hydrogens (tertiary/aromatic N) is 2. The summed E-state index contributed by atoms with van der Waals surface area (Å²) in [5.74, 6) is 0.575. The van der Waals surface area contributed by atoms with Crippen molar-refractivity contribution in [2.45, 2.75) is 32.4 Å². The van der Waals surface area contributed by atoms with Gasteiger partial charge in [0.1, 0.15) is 11.4 Å². The van der Waals surface area contributed by atoms with E-state index in [2.05, 4.69) is 10.3 Å². The SMILES string of the molecule is CCNC(CCn1ccnc1C)(C(N)=O)c1ccccc1. The minimum atomic E-state index is -0.854. The Hall–Kier alpha value is -2.14. The summed E-state index contributed by atoms with van der Waals surface area (Å²) in [6.07, 6.45) is 4.26. The first kappa shape index (κ1) is 15.3. The van der Waals surface area contributed by atoms with Crippen molar-refractivity contribution in [3.8, 4) is 0 Å². The molecule has 0 radical (unpaired) electrons. The Morgan fingerprint density at radius 2 is 2.10 bits per heavy atom. The zero-order valence-corrected chi connectivity index (χ0v) is 12.5. The number of nitrogens with two attached hydrogens (primary N) is 1. The fourth-order valence-corrected chi connectivity index (χ4v) is 2.64. The van der Waals surface area contributed by atoms with E-state index in [0.29, 0.717) is 19.5 Å². The number of hydrogen-bond donors (Lipinski definition) is 2. The van der Waals surface area contributed by atoms with Crippen LogP contribution in [0.1, 0.15) is 24.7 Å². The van der Waals surface area contributed by atoms with Gasteiger partial charge in [0.2, 0.25) is 5.91 Å². The monoisotopic (exact) mass is 286 g/mol. The number of carbonyl (C=O) groups excluding carboxylic acids is 1. The Morgan fingerprint density at radius 1 is 1.38 bits per heavy atom. The number of aryl methyl sites for hydroxylation is 2. The number of primary amides is 1. The van der Waals surface area contributed by atoms with E-state index in [4.69, 9.17) is 5.73 Å². The number of aromatic nitrogens is 2. The van der Waals surface area contributed by atoms with E-state index in [9.17, 15) is 4.79 Å². The summed E-state index contributed by atoms with van der Waals surface area (Å²) in [6.45, 7) is 5.27. The van der Waals surface area contributed by atoms with Gasteiger partial charge in [-0.3, -0.25) is 10.1 Å². The van der Waals surface area contributed by atoms with E-state index in [1.165, 1.54) is 0 Å². The summed E-state index contributed by atoms with van der Waals surface area (Å²) < 4.78 is 2.03. The molecule has 21 heavy (non-hydrogen) atoms. The van der Waals surface area contributed by atoms with Crippen molar-refractivity contribution < 1.29 is 4.79 Å². The van der Waals surface area contributed by atoms with Gasteiger partial charge in [-0.05, 0) is 25.5 Å². The summed E-state index contributed by atoms with van der Waals surface area (Å²) in [4.78, 5) is 16.4. The summed E-state index contributed by atoms with van der Waals surface area (Å²) in [7, 11) is 0. The number of likely N-dealkylation sites (N-methyl/N-ethyl adjacent to an activating group) is 1. The normalized spacial score (nSPS) is 13.8. The van der Waals surface area contributed by atoms with Crippen LogP contribution in [0.15, 0.2) is 42.7 Å². The summed E-state index contributed by atoms with van der Waals surface area (Å²) >= 11 is 0. The van der Waals surface area contributed by atoms with E-state index in [-0.39, 0.29) is 5.91 Å². The minimum Gasteiger partial charge on any atom is -0.368 e. The number of nitrogens with one attached hydrogen (secondary N) is 1. The van der Waals surface area contributed by atoms with Crippen LogP contribution >= 0.6 is 0 Å². The molecule has 5 heteroatoms. The molecule has 5 nitrogen and oxygen atoms in total. The van der Waals surface area contributed by atoms with E-state index in [1.807, 2.05) is 54.9 Å². The van der Waals surface area contributed by atoms with Crippen molar-refractivity contribution in [3.63, 3.8) is 0 Å². The molecule has 0 aliphatic rings. The first-order valence-corrected chi connectivity index (χ1v) is 7.18. The van der Waals surface area contributed by atoms with Gasteiger partial charge in [0.15, 0.2) is 0 Å². The largest absolute Gasteiger partial charge is 0.368 e. The Balaban J connectivity index is 2.31. The third-order valence-corrected chi connectivity index (χ3v) is 3.82. The molecule has 1 aromatic heterocycles. The number of imidazole rings is 1. The van der Waals surface area contributed by atoms with Gasteiger partial charge < -0.3 is 10.3 Å². The lowest BCUT2D eigenvalue weighted by Crippen LogP contribution is -2.53.